The highest BCUT2D eigenvalue weighted by Crippen LogP contribution is 2.28. The van der Waals surface area contributed by atoms with E-state index in [4.69, 9.17) is 4.99 Å². The Labute approximate surface area is 193 Å². The molecular formula is C27H39N5. The predicted molar refractivity (Wildman–Crippen MR) is 137 cm³/mol. The Balaban J connectivity index is 1.93. The van der Waals surface area contributed by atoms with Crippen LogP contribution in [0.25, 0.3) is 0 Å². The maximum absolute atomic E-state index is 5.08. The van der Waals surface area contributed by atoms with Crippen molar-refractivity contribution < 1.29 is 0 Å². The third kappa shape index (κ3) is 5.93. The third-order valence-electron chi connectivity index (χ3n) is 5.90. The Morgan fingerprint density at radius 1 is 0.719 bits per heavy atom. The van der Waals surface area contributed by atoms with Crippen molar-refractivity contribution in [3.8, 4) is 0 Å². The van der Waals surface area contributed by atoms with Gasteiger partial charge < -0.3 is 0 Å². The highest BCUT2D eigenvalue weighted by molar-refractivity contribution is 6.17. The lowest BCUT2D eigenvalue weighted by Crippen LogP contribution is -2.56. The van der Waals surface area contributed by atoms with Crippen molar-refractivity contribution in [2.45, 2.75) is 51.9 Å². The zero-order chi connectivity index (χ0) is 22.9. The molecule has 0 saturated heterocycles. The summed E-state index contributed by atoms with van der Waals surface area (Å²) in [6.45, 7) is 12.2. The van der Waals surface area contributed by atoms with E-state index in [0.717, 1.165) is 61.6 Å². The predicted octanol–water partition coefficient (Wildman–Crippen LogP) is 4.36. The van der Waals surface area contributed by atoms with Gasteiger partial charge in [-0.25, -0.2) is 4.99 Å². The van der Waals surface area contributed by atoms with Crippen LogP contribution in [-0.4, -0.2) is 43.2 Å². The maximum Gasteiger partial charge on any atom is 0.0917 e. The summed E-state index contributed by atoms with van der Waals surface area (Å²) in [5.74, 6) is 0. The molecule has 1 aromatic rings. The van der Waals surface area contributed by atoms with Gasteiger partial charge in [0.2, 0.25) is 0 Å². The normalized spacial score (nSPS) is 18.8. The lowest BCUT2D eigenvalue weighted by Gasteiger charge is -2.35. The molecule has 3 rings (SSSR count). The van der Waals surface area contributed by atoms with Gasteiger partial charge in [-0.15, -0.1) is 0 Å². The first kappa shape index (κ1) is 24.3. The largest absolute Gasteiger partial charge is 0.296 e. The number of benzene rings is 1. The highest BCUT2D eigenvalue weighted by Gasteiger charge is 2.29. The summed E-state index contributed by atoms with van der Waals surface area (Å²) >= 11 is 0. The zero-order valence-corrected chi connectivity index (χ0v) is 20.0. The van der Waals surface area contributed by atoms with E-state index >= 15 is 0 Å². The molecule has 172 valence electrons. The zero-order valence-electron chi connectivity index (χ0n) is 20.0. The Kier molecular flexibility index (Phi) is 8.76. The number of nitrogens with zero attached hydrogens (tertiary/aromatic N) is 1. The van der Waals surface area contributed by atoms with Gasteiger partial charge >= 0.3 is 0 Å². The Hall–Kier alpha value is -2.31. The standard InChI is InChI=1S/C27H39N5/c1-5-28-26(29-6-2)18-14-22(15-19-26)25(32-24-12-10-9-11-13-24)23-16-20-27(21-17-23,30-7-3)31-8-4/h9-18,20,28-31H,5-8,19,21H2,1-4H3. The van der Waals surface area contributed by atoms with Crippen molar-refractivity contribution in [2.24, 2.45) is 4.99 Å². The number of likely N-dealkylation sites (N-methyl/N-ethyl adjacent to an activating group) is 4. The molecule has 2 aliphatic rings. The molecule has 0 unspecified atom stereocenters. The fourth-order valence-electron chi connectivity index (χ4n) is 4.47. The van der Waals surface area contributed by atoms with Crippen molar-refractivity contribution in [2.75, 3.05) is 26.2 Å². The van der Waals surface area contributed by atoms with Gasteiger partial charge in [0, 0.05) is 12.8 Å². The first-order valence-electron chi connectivity index (χ1n) is 12.0. The second kappa shape index (κ2) is 11.5. The summed E-state index contributed by atoms with van der Waals surface area (Å²) in [6.07, 6.45) is 15.3. The third-order valence-corrected chi connectivity index (χ3v) is 5.90. The molecule has 5 nitrogen and oxygen atoms in total. The van der Waals surface area contributed by atoms with Gasteiger partial charge in [-0.05, 0) is 61.6 Å². The van der Waals surface area contributed by atoms with Crippen LogP contribution < -0.4 is 21.3 Å². The molecule has 0 aromatic heterocycles. The fraction of sp³-hybridized carbons (Fsp3) is 0.444. The van der Waals surface area contributed by atoms with E-state index in [-0.39, 0.29) is 11.3 Å². The van der Waals surface area contributed by atoms with Crippen molar-refractivity contribution in [1.29, 1.82) is 0 Å². The van der Waals surface area contributed by atoms with Crippen molar-refractivity contribution >= 4 is 11.4 Å². The first-order chi connectivity index (χ1) is 15.6. The van der Waals surface area contributed by atoms with Crippen LogP contribution >= 0.6 is 0 Å². The van der Waals surface area contributed by atoms with E-state index in [1.807, 2.05) is 18.2 Å². The summed E-state index contributed by atoms with van der Waals surface area (Å²) in [4.78, 5) is 5.08. The van der Waals surface area contributed by atoms with Gasteiger partial charge in [-0.1, -0.05) is 70.2 Å². The molecule has 0 saturated carbocycles. The van der Waals surface area contributed by atoms with Crippen LogP contribution in [-0.2, 0) is 0 Å². The monoisotopic (exact) mass is 433 g/mol. The number of aliphatic imine (C=N–C) groups is 1. The smallest absolute Gasteiger partial charge is 0.0917 e. The molecule has 0 radical (unpaired) electrons. The van der Waals surface area contributed by atoms with Crippen LogP contribution in [0.1, 0.15) is 40.5 Å². The fourth-order valence-corrected chi connectivity index (χ4v) is 4.47. The number of allylic oxidation sites excluding steroid dienone is 4. The minimum absolute atomic E-state index is 0.188. The Bertz CT molecular complexity index is 828. The quantitative estimate of drug-likeness (QED) is 0.309. The van der Waals surface area contributed by atoms with Crippen LogP contribution in [0.5, 0.6) is 0 Å². The molecule has 0 bridgehead atoms. The van der Waals surface area contributed by atoms with Crippen molar-refractivity contribution in [3.63, 3.8) is 0 Å². The van der Waals surface area contributed by atoms with E-state index in [1.165, 1.54) is 0 Å². The maximum atomic E-state index is 5.08. The van der Waals surface area contributed by atoms with Crippen LogP contribution in [0, 0.1) is 0 Å². The molecule has 0 amide bonds. The van der Waals surface area contributed by atoms with Crippen LogP contribution in [0.4, 0.5) is 5.69 Å². The second-order valence-electron chi connectivity index (χ2n) is 8.25. The average molecular weight is 434 g/mol. The van der Waals surface area contributed by atoms with Crippen molar-refractivity contribution in [1.82, 2.24) is 21.3 Å². The molecule has 0 heterocycles. The van der Waals surface area contributed by atoms with Crippen LogP contribution in [0.15, 0.2) is 82.9 Å². The van der Waals surface area contributed by atoms with Gasteiger partial charge in [0.1, 0.15) is 0 Å². The van der Waals surface area contributed by atoms with E-state index in [2.05, 4.69) is 97.6 Å². The summed E-state index contributed by atoms with van der Waals surface area (Å²) in [7, 11) is 0. The van der Waals surface area contributed by atoms with Gasteiger partial charge in [-0.3, -0.25) is 21.3 Å². The molecule has 5 heteroatoms. The molecule has 1 aromatic carbocycles. The van der Waals surface area contributed by atoms with Gasteiger partial charge in [0.25, 0.3) is 0 Å². The summed E-state index contributed by atoms with van der Waals surface area (Å²) in [5.41, 5.74) is 3.94. The summed E-state index contributed by atoms with van der Waals surface area (Å²) < 4.78 is 0. The van der Waals surface area contributed by atoms with Gasteiger partial charge in [0.15, 0.2) is 0 Å². The van der Waals surface area contributed by atoms with E-state index < -0.39 is 0 Å². The van der Waals surface area contributed by atoms with Crippen LogP contribution in [0.3, 0.4) is 0 Å². The molecule has 2 aliphatic carbocycles. The van der Waals surface area contributed by atoms with Gasteiger partial charge in [-0.2, -0.15) is 0 Å². The SMILES string of the molecule is CCNC1(NCC)C=CC(C(=Nc2ccccc2)C2=CCC(NCC)(NCC)C=C2)=CC1. The van der Waals surface area contributed by atoms with E-state index in [0.29, 0.717) is 0 Å². The van der Waals surface area contributed by atoms with E-state index in [9.17, 15) is 0 Å². The van der Waals surface area contributed by atoms with Crippen molar-refractivity contribution in [3.05, 3.63) is 77.9 Å². The van der Waals surface area contributed by atoms with Crippen LogP contribution in [0.2, 0.25) is 0 Å². The first-order valence-corrected chi connectivity index (χ1v) is 12.0. The minimum Gasteiger partial charge on any atom is -0.296 e. The Morgan fingerprint density at radius 2 is 1.16 bits per heavy atom. The Morgan fingerprint density at radius 3 is 1.50 bits per heavy atom. The molecule has 0 atom stereocenters. The molecule has 0 fully saturated rings. The summed E-state index contributed by atoms with van der Waals surface area (Å²) in [6, 6.07) is 10.2. The number of nitrogens with one attached hydrogen (secondary N) is 4. The number of hydrogen-bond acceptors (Lipinski definition) is 5. The molecule has 0 aliphatic heterocycles. The van der Waals surface area contributed by atoms with E-state index in [1.54, 1.807) is 0 Å². The number of rotatable bonds is 11. The minimum atomic E-state index is -0.188. The number of para-hydroxylation sites is 1. The molecule has 32 heavy (non-hydrogen) atoms. The summed E-state index contributed by atoms with van der Waals surface area (Å²) in [5, 5.41) is 14.4. The topological polar surface area (TPSA) is 60.5 Å². The lowest BCUT2D eigenvalue weighted by atomic mass is 9.87. The molecular weight excluding hydrogens is 394 g/mol. The highest BCUT2D eigenvalue weighted by atomic mass is 15.2. The molecule has 4 N–H and O–H groups in total. The number of hydrogen-bond donors (Lipinski definition) is 4. The second-order valence-corrected chi connectivity index (χ2v) is 8.25. The van der Waals surface area contributed by atoms with Gasteiger partial charge in [0.05, 0.1) is 22.7 Å². The lowest BCUT2D eigenvalue weighted by molar-refractivity contribution is 0.337. The average Bonchev–Trinajstić information content (AvgIpc) is 2.80. The molecule has 0 spiro atoms.